The van der Waals surface area contributed by atoms with Gasteiger partial charge in [0.2, 0.25) is 17.1 Å². The van der Waals surface area contributed by atoms with Gasteiger partial charge in [-0.05, 0) is 57.2 Å². The van der Waals surface area contributed by atoms with Crippen molar-refractivity contribution in [1.82, 2.24) is 20.3 Å². The van der Waals surface area contributed by atoms with E-state index in [0.717, 1.165) is 9.26 Å². The molecule has 0 unspecified atom stereocenters. The molecule has 0 aliphatic heterocycles. The smallest absolute Gasteiger partial charge is 0.245 e. The quantitative estimate of drug-likeness (QED) is 0.360. The van der Waals surface area contributed by atoms with Gasteiger partial charge in [-0.25, -0.2) is 9.61 Å². The zero-order valence-electron chi connectivity index (χ0n) is 12.6. The molecule has 0 spiro atoms. The van der Waals surface area contributed by atoms with E-state index in [-0.39, 0.29) is 11.5 Å². The van der Waals surface area contributed by atoms with Gasteiger partial charge in [0.1, 0.15) is 12.3 Å². The minimum absolute atomic E-state index is 0.264. The summed E-state index contributed by atoms with van der Waals surface area (Å²) in [6.07, 6.45) is 1.59. The van der Waals surface area contributed by atoms with E-state index in [2.05, 4.69) is 63.0 Å². The van der Waals surface area contributed by atoms with E-state index in [0.29, 0.717) is 23.8 Å². The number of hydrogen-bond donors (Lipinski definition) is 1. The molecule has 0 aliphatic carbocycles. The lowest BCUT2D eigenvalue weighted by atomic mass is 10.3. The maximum absolute atomic E-state index is 5.23. The summed E-state index contributed by atoms with van der Waals surface area (Å²) in [6.45, 7) is 0.298. The normalized spacial score (nSPS) is 11.4. The number of anilines is 2. The monoisotopic (exact) mass is 447 g/mol. The van der Waals surface area contributed by atoms with E-state index in [1.807, 2.05) is 30.3 Å². The lowest BCUT2D eigenvalue weighted by Gasteiger charge is -2.08. The fourth-order valence-electron chi connectivity index (χ4n) is 2.05. The molecule has 0 saturated carbocycles. The Labute approximate surface area is 154 Å². The predicted molar refractivity (Wildman–Crippen MR) is 96.8 cm³/mol. The number of halogens is 1. The molecule has 1 N–H and O–H groups in total. The molecule has 0 radical (unpaired) electrons. The van der Waals surface area contributed by atoms with Crippen LogP contribution in [0.5, 0.6) is 0 Å². The van der Waals surface area contributed by atoms with Crippen LogP contribution in [0.25, 0.3) is 11.3 Å². The van der Waals surface area contributed by atoms with Gasteiger partial charge in [-0.1, -0.05) is 12.1 Å². The fraction of sp³-hybridized carbons (Fsp3) is 0.0667. The van der Waals surface area contributed by atoms with E-state index in [9.17, 15) is 0 Å². The Hall–Kier alpha value is -2.89. The van der Waals surface area contributed by atoms with Crippen molar-refractivity contribution >= 4 is 51.2 Å². The first-order valence-corrected chi connectivity index (χ1v) is 8.29. The lowest BCUT2D eigenvalue weighted by molar-refractivity contribution is 0.314. The van der Waals surface area contributed by atoms with Crippen molar-refractivity contribution in [2.45, 2.75) is 6.54 Å². The molecule has 1 aromatic carbocycles. The molecule has 25 heavy (non-hydrogen) atoms. The Kier molecular flexibility index (Phi) is 4.33. The van der Waals surface area contributed by atoms with Crippen molar-refractivity contribution in [3.05, 3.63) is 52.0 Å². The number of aromatic nitrogens is 4. The van der Waals surface area contributed by atoms with E-state index < -0.39 is 0 Å². The number of fused-ring (bicyclic) bond motifs is 1. The third-order valence-corrected chi connectivity index (χ3v) is 4.14. The standard InChI is InChI=1S/C15H10IN7O2/c16-10-5-1-2-6-11(10)18-12-13(20-15-14(19-12)22-25-23-15)21-17-8-9-4-3-7-24-9/h1-7H,8H2,(H,18,19,22). The summed E-state index contributed by atoms with van der Waals surface area (Å²) < 4.78 is 10.9. The molecule has 4 rings (SSSR count). The first-order chi connectivity index (χ1) is 12.3. The van der Waals surface area contributed by atoms with Crippen LogP contribution in [0, 0.1) is 3.57 Å². The van der Waals surface area contributed by atoms with Crippen molar-refractivity contribution in [2.24, 2.45) is 10.2 Å². The second-order valence-corrected chi connectivity index (χ2v) is 6.05. The van der Waals surface area contributed by atoms with Crippen molar-refractivity contribution < 1.29 is 9.05 Å². The maximum atomic E-state index is 5.23. The highest BCUT2D eigenvalue weighted by atomic mass is 127. The molecule has 0 atom stereocenters. The summed E-state index contributed by atoms with van der Waals surface area (Å²) >= 11 is 2.23. The third-order valence-electron chi connectivity index (χ3n) is 3.19. The van der Waals surface area contributed by atoms with E-state index in [1.165, 1.54) is 0 Å². The maximum Gasteiger partial charge on any atom is 0.245 e. The van der Waals surface area contributed by atoms with Crippen LogP contribution in [0.2, 0.25) is 0 Å². The molecule has 10 heteroatoms. The number of furan rings is 1. The molecule has 124 valence electrons. The van der Waals surface area contributed by atoms with Crippen LogP contribution in [-0.2, 0) is 6.54 Å². The first-order valence-electron chi connectivity index (χ1n) is 7.21. The van der Waals surface area contributed by atoms with Crippen LogP contribution < -0.4 is 5.32 Å². The molecular weight excluding hydrogens is 437 g/mol. The largest absolute Gasteiger partial charge is 0.467 e. The van der Waals surface area contributed by atoms with Gasteiger partial charge in [-0.15, -0.1) is 5.11 Å². The van der Waals surface area contributed by atoms with Gasteiger partial charge in [0.15, 0.2) is 5.82 Å². The van der Waals surface area contributed by atoms with Crippen LogP contribution in [0.1, 0.15) is 5.76 Å². The number of nitrogens with one attached hydrogen (secondary N) is 1. The highest BCUT2D eigenvalue weighted by molar-refractivity contribution is 14.1. The minimum Gasteiger partial charge on any atom is -0.467 e. The van der Waals surface area contributed by atoms with Crippen molar-refractivity contribution in [3.8, 4) is 0 Å². The molecule has 0 fully saturated rings. The Balaban J connectivity index is 1.68. The Bertz CT molecular complexity index is 1030. The third kappa shape index (κ3) is 3.47. The number of para-hydroxylation sites is 1. The second-order valence-electron chi connectivity index (χ2n) is 4.89. The summed E-state index contributed by atoms with van der Waals surface area (Å²) in [5.74, 6) is 1.40. The average molecular weight is 447 g/mol. The highest BCUT2D eigenvalue weighted by Gasteiger charge is 2.13. The van der Waals surface area contributed by atoms with Crippen LogP contribution >= 0.6 is 22.6 Å². The summed E-state index contributed by atoms with van der Waals surface area (Å²) in [5, 5.41) is 18.9. The molecular formula is C15H10IN7O2. The zero-order valence-corrected chi connectivity index (χ0v) is 14.8. The molecule has 9 nitrogen and oxygen atoms in total. The number of azo groups is 1. The van der Waals surface area contributed by atoms with Crippen molar-refractivity contribution in [1.29, 1.82) is 0 Å². The van der Waals surface area contributed by atoms with Crippen LogP contribution in [0.3, 0.4) is 0 Å². The van der Waals surface area contributed by atoms with Crippen LogP contribution in [0.15, 0.2) is 61.9 Å². The number of benzene rings is 1. The van der Waals surface area contributed by atoms with E-state index in [4.69, 9.17) is 4.42 Å². The van der Waals surface area contributed by atoms with Gasteiger partial charge in [-0.2, -0.15) is 10.1 Å². The van der Waals surface area contributed by atoms with Gasteiger partial charge in [0.05, 0.1) is 12.0 Å². The van der Waals surface area contributed by atoms with Gasteiger partial charge in [0, 0.05) is 3.57 Å². The highest BCUT2D eigenvalue weighted by Crippen LogP contribution is 2.28. The average Bonchev–Trinajstić information content (AvgIpc) is 3.28. The first kappa shape index (κ1) is 15.6. The van der Waals surface area contributed by atoms with Crippen LogP contribution in [-0.4, -0.2) is 20.3 Å². The van der Waals surface area contributed by atoms with Gasteiger partial charge in [0.25, 0.3) is 0 Å². The summed E-state index contributed by atoms with van der Waals surface area (Å²) in [7, 11) is 0. The van der Waals surface area contributed by atoms with E-state index >= 15 is 0 Å². The topological polar surface area (TPSA) is 115 Å². The molecule has 3 aromatic heterocycles. The molecule has 0 bridgehead atoms. The lowest BCUT2D eigenvalue weighted by Crippen LogP contribution is -1.98. The fourth-order valence-corrected chi connectivity index (χ4v) is 2.57. The second kappa shape index (κ2) is 6.93. The van der Waals surface area contributed by atoms with Crippen molar-refractivity contribution in [3.63, 3.8) is 0 Å². The number of hydrogen-bond acceptors (Lipinski definition) is 9. The molecule has 0 amide bonds. The van der Waals surface area contributed by atoms with Gasteiger partial charge in [-0.3, -0.25) is 0 Å². The number of rotatable bonds is 5. The zero-order chi connectivity index (χ0) is 17.1. The van der Waals surface area contributed by atoms with Gasteiger partial charge >= 0.3 is 0 Å². The van der Waals surface area contributed by atoms with Crippen molar-refractivity contribution in [2.75, 3.05) is 5.32 Å². The molecule has 0 aliphatic rings. The number of nitrogens with zero attached hydrogens (tertiary/aromatic N) is 6. The Morgan fingerprint density at radius 1 is 1.04 bits per heavy atom. The van der Waals surface area contributed by atoms with Gasteiger partial charge < -0.3 is 9.73 Å². The Morgan fingerprint density at radius 2 is 1.88 bits per heavy atom. The predicted octanol–water partition coefficient (Wildman–Crippen LogP) is 4.24. The summed E-state index contributed by atoms with van der Waals surface area (Å²) in [6, 6.07) is 11.4. The SMILES string of the molecule is Ic1ccccc1Nc1nc2nonc2nc1N=NCc1ccco1. The molecule has 3 heterocycles. The molecule has 4 aromatic rings. The van der Waals surface area contributed by atoms with E-state index in [1.54, 1.807) is 12.3 Å². The molecule has 0 saturated heterocycles. The summed E-state index contributed by atoms with van der Waals surface area (Å²) in [4.78, 5) is 8.66. The summed E-state index contributed by atoms with van der Waals surface area (Å²) in [5.41, 5.74) is 1.43. The van der Waals surface area contributed by atoms with Crippen LogP contribution in [0.4, 0.5) is 17.3 Å². The minimum atomic E-state index is 0.264. The Morgan fingerprint density at radius 3 is 2.68 bits per heavy atom.